The third-order valence-electron chi connectivity index (χ3n) is 3.64. The monoisotopic (exact) mass is 339 g/mol. The van der Waals surface area contributed by atoms with Crippen LogP contribution in [0.1, 0.15) is 56.5 Å². The van der Waals surface area contributed by atoms with Crippen LogP contribution < -0.4 is 0 Å². The molecule has 1 aromatic rings. The zero-order valence-electron chi connectivity index (χ0n) is 13.2. The van der Waals surface area contributed by atoms with E-state index in [-0.39, 0.29) is 5.91 Å². The first-order valence-electron chi connectivity index (χ1n) is 7.47. The van der Waals surface area contributed by atoms with Gasteiger partial charge in [-0.05, 0) is 43.4 Å². The van der Waals surface area contributed by atoms with Crippen LogP contribution in [0.15, 0.2) is 22.7 Å². The summed E-state index contributed by atoms with van der Waals surface area (Å²) in [5.41, 5.74) is 1.85. The first-order valence-corrected chi connectivity index (χ1v) is 8.27. The van der Waals surface area contributed by atoms with Crippen LogP contribution >= 0.6 is 15.9 Å². The molecule has 3 heteroatoms. The molecule has 0 N–H and O–H groups in total. The summed E-state index contributed by atoms with van der Waals surface area (Å²) in [7, 11) is 0. The van der Waals surface area contributed by atoms with E-state index in [4.69, 9.17) is 0 Å². The third kappa shape index (κ3) is 4.34. The van der Waals surface area contributed by atoms with E-state index in [2.05, 4.69) is 48.5 Å². The number of nitrogens with zero attached hydrogens (tertiary/aromatic N) is 1. The number of carbonyl (C=O) groups excluding carboxylic acids is 1. The molecular weight excluding hydrogens is 314 g/mol. The number of amides is 1. The van der Waals surface area contributed by atoms with Crippen LogP contribution in [0.5, 0.6) is 0 Å². The van der Waals surface area contributed by atoms with Crippen molar-refractivity contribution in [2.24, 2.45) is 5.92 Å². The average molecular weight is 340 g/mol. The molecule has 0 saturated heterocycles. The number of aryl methyl sites for hydroxylation is 1. The van der Waals surface area contributed by atoms with E-state index in [0.29, 0.717) is 12.0 Å². The van der Waals surface area contributed by atoms with Gasteiger partial charge in [0.1, 0.15) is 0 Å². The van der Waals surface area contributed by atoms with Crippen molar-refractivity contribution in [3.8, 4) is 0 Å². The molecule has 0 aliphatic rings. The number of carbonyl (C=O) groups is 1. The molecule has 0 atom stereocenters. The lowest BCUT2D eigenvalue weighted by Crippen LogP contribution is -2.42. The molecule has 0 aromatic heterocycles. The second kappa shape index (κ2) is 7.82. The second-order valence-corrected chi connectivity index (χ2v) is 6.70. The van der Waals surface area contributed by atoms with E-state index in [0.717, 1.165) is 35.0 Å². The molecule has 1 aromatic carbocycles. The molecule has 0 saturated carbocycles. The quantitative estimate of drug-likeness (QED) is 0.710. The summed E-state index contributed by atoms with van der Waals surface area (Å²) >= 11 is 3.47. The molecule has 0 radical (unpaired) electrons. The molecule has 2 nitrogen and oxygen atoms in total. The first kappa shape index (κ1) is 17.2. The number of benzene rings is 1. The zero-order chi connectivity index (χ0) is 15.3. The van der Waals surface area contributed by atoms with E-state index in [1.807, 2.05) is 25.1 Å². The molecule has 20 heavy (non-hydrogen) atoms. The van der Waals surface area contributed by atoms with Crippen LogP contribution in [-0.2, 0) is 0 Å². The summed E-state index contributed by atoms with van der Waals surface area (Å²) in [6, 6.07) is 6.24. The van der Waals surface area contributed by atoms with Crippen LogP contribution in [0.2, 0.25) is 0 Å². The van der Waals surface area contributed by atoms with Crippen LogP contribution in [0, 0.1) is 12.8 Å². The molecule has 0 bridgehead atoms. The topological polar surface area (TPSA) is 20.3 Å². The smallest absolute Gasteiger partial charge is 0.254 e. The van der Waals surface area contributed by atoms with Crippen molar-refractivity contribution in [1.82, 2.24) is 4.90 Å². The Kier molecular flexibility index (Phi) is 6.74. The Morgan fingerprint density at radius 2 is 1.85 bits per heavy atom. The van der Waals surface area contributed by atoms with Crippen LogP contribution in [0.3, 0.4) is 0 Å². The lowest BCUT2D eigenvalue weighted by molar-refractivity contribution is 0.0639. The van der Waals surface area contributed by atoms with Gasteiger partial charge in [0.2, 0.25) is 0 Å². The highest BCUT2D eigenvalue weighted by atomic mass is 79.9. The van der Waals surface area contributed by atoms with Crippen LogP contribution in [0.4, 0.5) is 0 Å². The fourth-order valence-corrected chi connectivity index (χ4v) is 2.86. The highest BCUT2D eigenvalue weighted by Gasteiger charge is 2.24. The molecular formula is C17H26BrNO. The summed E-state index contributed by atoms with van der Waals surface area (Å²) in [6.07, 6.45) is 2.00. The summed E-state index contributed by atoms with van der Waals surface area (Å²) in [4.78, 5) is 15.0. The molecule has 1 amide bonds. The highest BCUT2D eigenvalue weighted by Crippen LogP contribution is 2.21. The summed E-state index contributed by atoms with van der Waals surface area (Å²) in [6.45, 7) is 11.5. The van der Waals surface area contributed by atoms with Crippen LogP contribution in [-0.4, -0.2) is 23.4 Å². The molecule has 0 aliphatic carbocycles. The molecule has 0 fully saturated rings. The number of hydrogen-bond acceptors (Lipinski definition) is 1. The van der Waals surface area contributed by atoms with Gasteiger partial charge in [-0.3, -0.25) is 4.79 Å². The number of halogens is 1. The SMILES string of the molecule is CCC(CC)N(CC(C)C)C(=O)c1cc(Br)ccc1C. The van der Waals surface area contributed by atoms with Gasteiger partial charge in [0.05, 0.1) is 0 Å². The lowest BCUT2D eigenvalue weighted by Gasteiger charge is -2.32. The van der Waals surface area contributed by atoms with Gasteiger partial charge in [-0.25, -0.2) is 0 Å². The van der Waals surface area contributed by atoms with Gasteiger partial charge >= 0.3 is 0 Å². The molecule has 0 unspecified atom stereocenters. The normalized spacial score (nSPS) is 11.2. The minimum Gasteiger partial charge on any atom is -0.335 e. The largest absolute Gasteiger partial charge is 0.335 e. The van der Waals surface area contributed by atoms with Crippen molar-refractivity contribution < 1.29 is 4.79 Å². The number of rotatable bonds is 6. The van der Waals surface area contributed by atoms with Crippen molar-refractivity contribution in [2.45, 2.75) is 53.5 Å². The predicted octanol–water partition coefficient (Wildman–Crippen LogP) is 5.04. The zero-order valence-corrected chi connectivity index (χ0v) is 14.8. The predicted molar refractivity (Wildman–Crippen MR) is 89.1 cm³/mol. The van der Waals surface area contributed by atoms with E-state index in [9.17, 15) is 4.79 Å². The molecule has 112 valence electrons. The standard InChI is InChI=1S/C17H26BrNO/c1-6-15(7-2)19(11-12(3)4)17(20)16-10-14(18)9-8-13(16)5/h8-10,12,15H,6-7,11H2,1-5H3. The van der Waals surface area contributed by atoms with Gasteiger partial charge < -0.3 is 4.90 Å². The summed E-state index contributed by atoms with van der Waals surface area (Å²) in [5.74, 6) is 0.637. The highest BCUT2D eigenvalue weighted by molar-refractivity contribution is 9.10. The maximum Gasteiger partial charge on any atom is 0.254 e. The number of hydrogen-bond donors (Lipinski definition) is 0. The van der Waals surface area contributed by atoms with E-state index < -0.39 is 0 Å². The summed E-state index contributed by atoms with van der Waals surface area (Å²) in [5, 5.41) is 0. The van der Waals surface area contributed by atoms with Crippen LogP contribution in [0.25, 0.3) is 0 Å². The van der Waals surface area contributed by atoms with Crippen molar-refractivity contribution in [3.05, 3.63) is 33.8 Å². The molecule has 1 rings (SSSR count). The van der Waals surface area contributed by atoms with Gasteiger partial charge in [-0.2, -0.15) is 0 Å². The Hall–Kier alpha value is -0.830. The Labute approximate surface area is 131 Å². The molecule has 0 aliphatic heterocycles. The average Bonchev–Trinajstić information content (AvgIpc) is 2.40. The first-order chi connectivity index (χ1) is 9.40. The van der Waals surface area contributed by atoms with Gasteiger partial charge in [0, 0.05) is 22.6 Å². The Morgan fingerprint density at radius 1 is 1.25 bits per heavy atom. The lowest BCUT2D eigenvalue weighted by atomic mass is 10.0. The fourth-order valence-electron chi connectivity index (χ4n) is 2.50. The molecule has 0 spiro atoms. The molecule has 0 heterocycles. The summed E-state index contributed by atoms with van der Waals surface area (Å²) < 4.78 is 0.959. The second-order valence-electron chi connectivity index (χ2n) is 5.78. The third-order valence-corrected chi connectivity index (χ3v) is 4.13. The van der Waals surface area contributed by atoms with Crippen molar-refractivity contribution in [2.75, 3.05) is 6.54 Å². The van der Waals surface area contributed by atoms with E-state index in [1.54, 1.807) is 0 Å². The van der Waals surface area contributed by atoms with Gasteiger partial charge in [0.25, 0.3) is 5.91 Å². The Balaban J connectivity index is 3.12. The van der Waals surface area contributed by atoms with Crippen molar-refractivity contribution in [1.29, 1.82) is 0 Å². The minimum absolute atomic E-state index is 0.159. The minimum atomic E-state index is 0.159. The van der Waals surface area contributed by atoms with Gasteiger partial charge in [-0.1, -0.05) is 49.7 Å². The Bertz CT molecular complexity index is 452. The maximum absolute atomic E-state index is 12.9. The van der Waals surface area contributed by atoms with E-state index >= 15 is 0 Å². The Morgan fingerprint density at radius 3 is 2.35 bits per heavy atom. The van der Waals surface area contributed by atoms with Gasteiger partial charge in [-0.15, -0.1) is 0 Å². The van der Waals surface area contributed by atoms with Crippen molar-refractivity contribution >= 4 is 21.8 Å². The van der Waals surface area contributed by atoms with E-state index in [1.165, 1.54) is 0 Å². The van der Waals surface area contributed by atoms with Crippen molar-refractivity contribution in [3.63, 3.8) is 0 Å². The fraction of sp³-hybridized carbons (Fsp3) is 0.588. The maximum atomic E-state index is 12.9. The van der Waals surface area contributed by atoms with Gasteiger partial charge in [0.15, 0.2) is 0 Å².